The predicted molar refractivity (Wildman–Crippen MR) is 107 cm³/mol. The van der Waals surface area contributed by atoms with Gasteiger partial charge in [-0.3, -0.25) is 14.5 Å². The highest BCUT2D eigenvalue weighted by Crippen LogP contribution is 2.30. The maximum Gasteiger partial charge on any atom is 0.264 e. The molecule has 3 aromatic carbocycles. The van der Waals surface area contributed by atoms with Gasteiger partial charge in [-0.25, -0.2) is 14.3 Å². The van der Waals surface area contributed by atoms with Crippen LogP contribution in [0.4, 0.5) is 5.69 Å². The number of hydrogen-bond donors (Lipinski definition) is 2. The lowest BCUT2D eigenvalue weighted by Gasteiger charge is -2.24. The topological polar surface area (TPSA) is 92.5 Å². The highest BCUT2D eigenvalue weighted by atomic mass is 35.5. The minimum atomic E-state index is -4.09. The molecule has 3 aromatic rings. The number of carbonyl (C=O) groups is 1. The molecular weight excluding hydrogens is 409 g/mol. The molecule has 0 aromatic heterocycles. The first-order valence-electron chi connectivity index (χ1n) is 7.79. The maximum absolute atomic E-state index is 13.2. The van der Waals surface area contributed by atoms with Gasteiger partial charge in [0.05, 0.1) is 20.6 Å². The number of nitrogens with one attached hydrogen (secondary N) is 1. The Kier molecular flexibility index (Phi) is 5.57. The van der Waals surface area contributed by atoms with Crippen molar-refractivity contribution in [2.75, 3.05) is 10.8 Å². The second-order valence-electron chi connectivity index (χ2n) is 5.69. The summed E-state index contributed by atoms with van der Waals surface area (Å²) in [6.45, 7) is -0.489. The van der Waals surface area contributed by atoms with Crippen LogP contribution in [-0.2, 0) is 14.8 Å². The molecule has 0 atom stereocenters. The summed E-state index contributed by atoms with van der Waals surface area (Å²) in [5.41, 5.74) is 2.28. The first-order chi connectivity index (χ1) is 12.8. The Labute approximate surface area is 166 Å². The molecule has 0 aliphatic heterocycles. The van der Waals surface area contributed by atoms with Crippen molar-refractivity contribution in [1.29, 1.82) is 0 Å². The molecule has 0 aliphatic carbocycles. The van der Waals surface area contributed by atoms with Crippen LogP contribution in [0.25, 0.3) is 10.8 Å². The standard InChI is InChI=1S/C18H15Cl2N3O3S/c19-16-8-7-15(10-17(16)20)27(25,26)23(11-18(24)22-21)14-6-5-12-3-1-2-4-13(12)9-14/h1-10H,11,21H2,(H,22,24). The van der Waals surface area contributed by atoms with E-state index in [1.54, 1.807) is 18.2 Å². The summed E-state index contributed by atoms with van der Waals surface area (Å²) >= 11 is 11.8. The normalized spacial score (nSPS) is 11.4. The molecule has 0 aliphatic rings. The molecule has 1 amide bonds. The number of nitrogens with zero attached hydrogens (tertiary/aromatic N) is 1. The Morgan fingerprint density at radius 2 is 1.67 bits per heavy atom. The lowest BCUT2D eigenvalue weighted by molar-refractivity contribution is -0.119. The van der Waals surface area contributed by atoms with Crippen LogP contribution < -0.4 is 15.6 Å². The number of hydrazine groups is 1. The van der Waals surface area contributed by atoms with Crippen molar-refractivity contribution in [2.24, 2.45) is 5.84 Å². The number of fused-ring (bicyclic) bond motifs is 1. The molecule has 6 nitrogen and oxygen atoms in total. The van der Waals surface area contributed by atoms with Crippen LogP contribution in [0.3, 0.4) is 0 Å². The average molecular weight is 424 g/mol. The van der Waals surface area contributed by atoms with E-state index in [2.05, 4.69) is 0 Å². The molecule has 3 rings (SSSR count). The maximum atomic E-state index is 13.2. The summed E-state index contributed by atoms with van der Waals surface area (Å²) < 4.78 is 27.3. The van der Waals surface area contributed by atoms with Gasteiger partial charge in [0.2, 0.25) is 0 Å². The van der Waals surface area contributed by atoms with E-state index in [0.717, 1.165) is 15.1 Å². The van der Waals surface area contributed by atoms with E-state index in [4.69, 9.17) is 29.0 Å². The lowest BCUT2D eigenvalue weighted by atomic mass is 10.1. The van der Waals surface area contributed by atoms with Gasteiger partial charge in [-0.1, -0.05) is 53.5 Å². The molecule has 0 fully saturated rings. The molecule has 0 heterocycles. The zero-order valence-corrected chi connectivity index (χ0v) is 16.2. The van der Waals surface area contributed by atoms with E-state index >= 15 is 0 Å². The molecule has 0 unspecified atom stereocenters. The molecule has 3 N–H and O–H groups in total. The molecule has 0 saturated heterocycles. The molecule has 27 heavy (non-hydrogen) atoms. The zero-order chi connectivity index (χ0) is 19.6. The van der Waals surface area contributed by atoms with E-state index in [-0.39, 0.29) is 14.9 Å². The van der Waals surface area contributed by atoms with Crippen LogP contribution in [0.5, 0.6) is 0 Å². The van der Waals surface area contributed by atoms with E-state index in [0.29, 0.717) is 5.69 Å². The fourth-order valence-electron chi connectivity index (χ4n) is 2.59. The summed E-state index contributed by atoms with van der Waals surface area (Å²) in [4.78, 5) is 11.8. The smallest absolute Gasteiger partial charge is 0.264 e. The van der Waals surface area contributed by atoms with Gasteiger partial charge >= 0.3 is 0 Å². The third kappa shape index (κ3) is 4.01. The summed E-state index contributed by atoms with van der Waals surface area (Å²) in [5.74, 6) is 4.49. The van der Waals surface area contributed by atoms with Gasteiger partial charge in [-0.15, -0.1) is 0 Å². The number of anilines is 1. The van der Waals surface area contributed by atoms with Gasteiger partial charge in [0.25, 0.3) is 15.9 Å². The Balaban J connectivity index is 2.14. The number of rotatable bonds is 5. The van der Waals surface area contributed by atoms with Crippen LogP contribution in [0.2, 0.25) is 10.0 Å². The number of benzene rings is 3. The van der Waals surface area contributed by atoms with Crippen LogP contribution in [0, 0.1) is 0 Å². The van der Waals surface area contributed by atoms with Crippen molar-refractivity contribution < 1.29 is 13.2 Å². The predicted octanol–water partition coefficient (Wildman–Crippen LogP) is 3.33. The minimum absolute atomic E-state index is 0.0881. The SMILES string of the molecule is NNC(=O)CN(c1ccc2ccccc2c1)S(=O)(=O)c1ccc(Cl)c(Cl)c1. The van der Waals surface area contributed by atoms with Crippen LogP contribution in [0.15, 0.2) is 65.6 Å². The van der Waals surface area contributed by atoms with Gasteiger partial charge in [-0.05, 0) is 41.1 Å². The fourth-order valence-corrected chi connectivity index (χ4v) is 4.39. The first kappa shape index (κ1) is 19.4. The summed E-state index contributed by atoms with van der Waals surface area (Å²) in [6, 6.07) is 16.5. The quantitative estimate of drug-likeness (QED) is 0.373. The highest BCUT2D eigenvalue weighted by Gasteiger charge is 2.27. The van der Waals surface area contributed by atoms with Gasteiger partial charge in [0.1, 0.15) is 6.54 Å². The lowest BCUT2D eigenvalue weighted by Crippen LogP contribution is -2.43. The molecule has 9 heteroatoms. The third-order valence-corrected chi connectivity index (χ3v) is 6.46. The minimum Gasteiger partial charge on any atom is -0.293 e. The second-order valence-corrected chi connectivity index (χ2v) is 8.36. The average Bonchev–Trinajstić information content (AvgIpc) is 2.67. The van der Waals surface area contributed by atoms with Crippen molar-refractivity contribution in [1.82, 2.24) is 5.43 Å². The number of hydrogen-bond acceptors (Lipinski definition) is 4. The molecular formula is C18H15Cl2N3O3S. The second kappa shape index (κ2) is 7.74. The van der Waals surface area contributed by atoms with Gasteiger partial charge in [-0.2, -0.15) is 0 Å². The summed E-state index contributed by atoms with van der Waals surface area (Å²) in [5, 5.41) is 2.10. The number of sulfonamides is 1. The Morgan fingerprint density at radius 3 is 2.33 bits per heavy atom. The van der Waals surface area contributed by atoms with Crippen LogP contribution in [0.1, 0.15) is 0 Å². The van der Waals surface area contributed by atoms with Gasteiger partial charge in [0, 0.05) is 0 Å². The van der Waals surface area contributed by atoms with Gasteiger partial charge in [0.15, 0.2) is 0 Å². The van der Waals surface area contributed by atoms with Crippen molar-refractivity contribution in [3.05, 3.63) is 70.7 Å². The van der Waals surface area contributed by atoms with E-state index in [1.165, 1.54) is 18.2 Å². The molecule has 0 radical (unpaired) electrons. The zero-order valence-electron chi connectivity index (χ0n) is 13.9. The number of nitrogens with two attached hydrogens (primary N) is 1. The largest absolute Gasteiger partial charge is 0.293 e. The molecule has 140 valence electrons. The third-order valence-electron chi connectivity index (χ3n) is 3.95. The number of carbonyl (C=O) groups excluding carboxylic acids is 1. The fraction of sp³-hybridized carbons (Fsp3) is 0.0556. The highest BCUT2D eigenvalue weighted by molar-refractivity contribution is 7.92. The monoisotopic (exact) mass is 423 g/mol. The van der Waals surface area contributed by atoms with Crippen molar-refractivity contribution in [3.8, 4) is 0 Å². The van der Waals surface area contributed by atoms with Gasteiger partial charge < -0.3 is 0 Å². The van der Waals surface area contributed by atoms with Crippen molar-refractivity contribution >= 4 is 55.6 Å². The Bertz CT molecular complexity index is 1120. The summed E-state index contributed by atoms with van der Waals surface area (Å²) in [6.07, 6.45) is 0. The van der Waals surface area contributed by atoms with E-state index in [1.807, 2.05) is 29.7 Å². The Hall–Kier alpha value is -2.32. The summed E-state index contributed by atoms with van der Waals surface area (Å²) in [7, 11) is -4.09. The number of amides is 1. The Morgan fingerprint density at radius 1 is 0.963 bits per heavy atom. The van der Waals surface area contributed by atoms with Crippen molar-refractivity contribution in [2.45, 2.75) is 4.90 Å². The van der Waals surface area contributed by atoms with E-state index in [9.17, 15) is 13.2 Å². The molecule has 0 saturated carbocycles. The van der Waals surface area contributed by atoms with Crippen LogP contribution >= 0.6 is 23.2 Å². The van der Waals surface area contributed by atoms with Crippen LogP contribution in [-0.4, -0.2) is 20.9 Å². The molecule has 0 bridgehead atoms. The number of halogens is 2. The first-order valence-corrected chi connectivity index (χ1v) is 9.98. The molecule has 0 spiro atoms. The van der Waals surface area contributed by atoms with E-state index < -0.39 is 22.5 Å². The van der Waals surface area contributed by atoms with Crippen molar-refractivity contribution in [3.63, 3.8) is 0 Å².